The van der Waals surface area contributed by atoms with Gasteiger partial charge >= 0.3 is 5.97 Å². The van der Waals surface area contributed by atoms with Gasteiger partial charge in [0.25, 0.3) is 5.91 Å². The quantitative estimate of drug-likeness (QED) is 0.415. The Bertz CT molecular complexity index is 760. The van der Waals surface area contributed by atoms with Crippen molar-refractivity contribution in [3.8, 4) is 11.5 Å². The van der Waals surface area contributed by atoms with Crippen molar-refractivity contribution < 1.29 is 23.8 Å². The van der Waals surface area contributed by atoms with Gasteiger partial charge in [0.2, 0.25) is 0 Å². The van der Waals surface area contributed by atoms with Crippen molar-refractivity contribution in [2.45, 2.75) is 33.2 Å². The van der Waals surface area contributed by atoms with Crippen molar-refractivity contribution in [3.05, 3.63) is 46.2 Å². The second-order valence-corrected chi connectivity index (χ2v) is 7.03. The SMILES string of the molecule is CCCCOc1ccc(C(=O)OCC(=O)N(C)Cc2ccsc2)cc1OCC. The standard InChI is InChI=1S/C21H27NO5S/c1-4-6-10-26-18-8-7-17(12-19(18)25-5-2)21(24)27-14-20(23)22(3)13-16-9-11-28-15-16/h7-9,11-12,15H,4-6,10,13-14H2,1-3H3. The van der Waals surface area contributed by atoms with Gasteiger partial charge in [0, 0.05) is 13.6 Å². The van der Waals surface area contributed by atoms with Crippen molar-refractivity contribution in [1.29, 1.82) is 0 Å². The van der Waals surface area contributed by atoms with Crippen LogP contribution in [0, 0.1) is 0 Å². The zero-order chi connectivity index (χ0) is 20.4. The molecular weight excluding hydrogens is 378 g/mol. The predicted molar refractivity (Wildman–Crippen MR) is 109 cm³/mol. The Kier molecular flexibility index (Phi) is 8.81. The van der Waals surface area contributed by atoms with Crippen molar-refractivity contribution >= 4 is 23.2 Å². The number of esters is 1. The third-order valence-electron chi connectivity index (χ3n) is 3.99. The second kappa shape index (κ2) is 11.3. The number of carbonyl (C=O) groups is 2. The number of hydrogen-bond donors (Lipinski definition) is 0. The van der Waals surface area contributed by atoms with E-state index in [0.29, 0.717) is 36.8 Å². The van der Waals surface area contributed by atoms with Crippen molar-refractivity contribution in [2.24, 2.45) is 0 Å². The number of ether oxygens (including phenoxy) is 3. The molecule has 0 unspecified atom stereocenters. The summed E-state index contributed by atoms with van der Waals surface area (Å²) in [7, 11) is 1.68. The first-order valence-corrected chi connectivity index (χ1v) is 10.3. The fourth-order valence-corrected chi connectivity index (χ4v) is 3.07. The van der Waals surface area contributed by atoms with E-state index in [4.69, 9.17) is 14.2 Å². The van der Waals surface area contributed by atoms with E-state index in [1.807, 2.05) is 23.8 Å². The molecule has 1 amide bonds. The average Bonchev–Trinajstić information content (AvgIpc) is 3.20. The molecule has 7 heteroatoms. The lowest BCUT2D eigenvalue weighted by molar-refractivity contribution is -0.133. The first kappa shape index (κ1) is 21.8. The van der Waals surface area contributed by atoms with Gasteiger partial charge in [-0.15, -0.1) is 0 Å². The molecule has 152 valence electrons. The molecule has 0 bridgehead atoms. The van der Waals surface area contributed by atoms with E-state index in [1.165, 1.54) is 4.90 Å². The molecule has 0 radical (unpaired) electrons. The summed E-state index contributed by atoms with van der Waals surface area (Å²) in [5.74, 6) is 0.259. The minimum Gasteiger partial charge on any atom is -0.490 e. The van der Waals surface area contributed by atoms with E-state index in [-0.39, 0.29) is 12.5 Å². The molecule has 0 spiro atoms. The fourth-order valence-electron chi connectivity index (χ4n) is 2.41. The Morgan fingerprint density at radius 3 is 2.61 bits per heavy atom. The molecule has 0 fully saturated rings. The average molecular weight is 406 g/mol. The monoisotopic (exact) mass is 405 g/mol. The Labute approximate surface area is 170 Å². The van der Waals surface area contributed by atoms with Crippen LogP contribution >= 0.6 is 11.3 Å². The number of carbonyl (C=O) groups excluding carboxylic acids is 2. The number of likely N-dealkylation sites (N-methyl/N-ethyl adjacent to an activating group) is 1. The summed E-state index contributed by atoms with van der Waals surface area (Å²) < 4.78 is 16.5. The van der Waals surface area contributed by atoms with Gasteiger partial charge in [0.1, 0.15) is 0 Å². The number of unbranched alkanes of at least 4 members (excludes halogenated alkanes) is 1. The summed E-state index contributed by atoms with van der Waals surface area (Å²) in [6.07, 6.45) is 1.97. The maximum absolute atomic E-state index is 12.3. The van der Waals surface area contributed by atoms with Crippen LogP contribution in [-0.2, 0) is 16.1 Å². The van der Waals surface area contributed by atoms with Crippen LogP contribution in [0.15, 0.2) is 35.0 Å². The summed E-state index contributed by atoms with van der Waals surface area (Å²) in [6, 6.07) is 6.86. The van der Waals surface area contributed by atoms with Crippen LogP contribution in [0.5, 0.6) is 11.5 Å². The molecular formula is C21H27NO5S. The van der Waals surface area contributed by atoms with Gasteiger partial charge in [-0.1, -0.05) is 13.3 Å². The van der Waals surface area contributed by atoms with Crippen LogP contribution in [0.3, 0.4) is 0 Å². The number of hydrogen-bond acceptors (Lipinski definition) is 6. The number of amides is 1. The maximum atomic E-state index is 12.3. The number of benzene rings is 1. The molecule has 0 aliphatic rings. The highest BCUT2D eigenvalue weighted by Crippen LogP contribution is 2.29. The zero-order valence-corrected chi connectivity index (χ0v) is 17.4. The highest BCUT2D eigenvalue weighted by atomic mass is 32.1. The van der Waals surface area contributed by atoms with E-state index in [9.17, 15) is 9.59 Å². The van der Waals surface area contributed by atoms with Crippen molar-refractivity contribution in [3.63, 3.8) is 0 Å². The molecule has 0 aliphatic heterocycles. The van der Waals surface area contributed by atoms with Crippen molar-refractivity contribution in [2.75, 3.05) is 26.9 Å². The van der Waals surface area contributed by atoms with Crippen LogP contribution in [0.2, 0.25) is 0 Å². The smallest absolute Gasteiger partial charge is 0.338 e. The van der Waals surface area contributed by atoms with Crippen LogP contribution in [0.4, 0.5) is 0 Å². The summed E-state index contributed by atoms with van der Waals surface area (Å²) in [5.41, 5.74) is 1.37. The lowest BCUT2D eigenvalue weighted by Gasteiger charge is -2.16. The molecule has 6 nitrogen and oxygen atoms in total. The molecule has 28 heavy (non-hydrogen) atoms. The third-order valence-corrected chi connectivity index (χ3v) is 4.72. The first-order valence-electron chi connectivity index (χ1n) is 9.37. The Morgan fingerprint density at radius 1 is 1.11 bits per heavy atom. The number of thiophene rings is 1. The van der Waals surface area contributed by atoms with Gasteiger partial charge in [-0.3, -0.25) is 4.79 Å². The highest BCUT2D eigenvalue weighted by Gasteiger charge is 2.16. The number of rotatable bonds is 11. The van der Waals surface area contributed by atoms with Crippen LogP contribution in [0.25, 0.3) is 0 Å². The van der Waals surface area contributed by atoms with Gasteiger partial charge in [-0.2, -0.15) is 11.3 Å². The van der Waals surface area contributed by atoms with Crippen LogP contribution in [-0.4, -0.2) is 43.6 Å². The van der Waals surface area contributed by atoms with Crippen LogP contribution in [0.1, 0.15) is 42.6 Å². The lowest BCUT2D eigenvalue weighted by Crippen LogP contribution is -2.30. The van der Waals surface area contributed by atoms with Gasteiger partial charge < -0.3 is 19.1 Å². The normalized spacial score (nSPS) is 10.4. The van der Waals surface area contributed by atoms with E-state index in [2.05, 4.69) is 6.92 Å². The Morgan fingerprint density at radius 2 is 1.93 bits per heavy atom. The minimum atomic E-state index is -0.571. The molecule has 2 rings (SSSR count). The molecule has 1 aromatic heterocycles. The summed E-state index contributed by atoms with van der Waals surface area (Å²) >= 11 is 1.58. The molecule has 0 atom stereocenters. The third kappa shape index (κ3) is 6.56. The first-order chi connectivity index (χ1) is 13.5. The molecule has 2 aromatic rings. The summed E-state index contributed by atoms with van der Waals surface area (Å²) in [6.45, 7) is 5.17. The summed E-state index contributed by atoms with van der Waals surface area (Å²) in [4.78, 5) is 26.0. The fraction of sp³-hybridized carbons (Fsp3) is 0.429. The highest BCUT2D eigenvalue weighted by molar-refractivity contribution is 7.07. The second-order valence-electron chi connectivity index (χ2n) is 6.25. The largest absolute Gasteiger partial charge is 0.490 e. The van der Waals surface area contributed by atoms with E-state index in [0.717, 1.165) is 18.4 Å². The summed E-state index contributed by atoms with van der Waals surface area (Å²) in [5, 5.41) is 3.94. The van der Waals surface area contributed by atoms with E-state index in [1.54, 1.807) is 36.6 Å². The van der Waals surface area contributed by atoms with E-state index >= 15 is 0 Å². The van der Waals surface area contributed by atoms with E-state index < -0.39 is 5.97 Å². The van der Waals surface area contributed by atoms with Crippen molar-refractivity contribution in [1.82, 2.24) is 4.90 Å². The molecule has 1 aromatic carbocycles. The predicted octanol–water partition coefficient (Wildman–Crippen LogP) is 4.14. The molecule has 0 saturated carbocycles. The lowest BCUT2D eigenvalue weighted by atomic mass is 10.2. The zero-order valence-electron chi connectivity index (χ0n) is 16.6. The van der Waals surface area contributed by atoms with Gasteiger partial charge in [-0.05, 0) is 53.9 Å². The molecule has 1 heterocycles. The maximum Gasteiger partial charge on any atom is 0.338 e. The number of nitrogens with zero attached hydrogens (tertiary/aromatic N) is 1. The topological polar surface area (TPSA) is 65.1 Å². The minimum absolute atomic E-state index is 0.260. The molecule has 0 N–H and O–H groups in total. The molecule has 0 aliphatic carbocycles. The van der Waals surface area contributed by atoms with Gasteiger partial charge in [-0.25, -0.2) is 4.79 Å². The van der Waals surface area contributed by atoms with Gasteiger partial charge in [0.15, 0.2) is 18.1 Å². The Balaban J connectivity index is 1.93. The van der Waals surface area contributed by atoms with Gasteiger partial charge in [0.05, 0.1) is 18.8 Å². The Hall–Kier alpha value is -2.54. The van der Waals surface area contributed by atoms with Crippen LogP contribution < -0.4 is 9.47 Å². The molecule has 0 saturated heterocycles.